The zero-order valence-electron chi connectivity index (χ0n) is 9.95. The molecule has 2 aromatic heterocycles. The first kappa shape index (κ1) is 12.6. The molecule has 19 heavy (non-hydrogen) atoms. The Balaban J connectivity index is 2.15. The highest BCUT2D eigenvalue weighted by atomic mass is 35.5. The molecule has 98 valence electrons. The van der Waals surface area contributed by atoms with Gasteiger partial charge >= 0.3 is 0 Å². The molecule has 5 nitrogen and oxygen atoms in total. The number of halogens is 2. The zero-order chi connectivity index (χ0) is 13.4. The molecule has 0 atom stereocenters. The van der Waals surface area contributed by atoms with Gasteiger partial charge in [-0.1, -0.05) is 23.2 Å². The van der Waals surface area contributed by atoms with E-state index in [1.54, 1.807) is 6.07 Å². The second-order valence-electron chi connectivity index (χ2n) is 4.30. The van der Waals surface area contributed by atoms with E-state index >= 15 is 0 Å². The largest absolute Gasteiger partial charge is 0.308 e. The molecule has 0 unspecified atom stereocenters. The van der Waals surface area contributed by atoms with Crippen molar-refractivity contribution >= 4 is 29.0 Å². The number of hydrazine groups is 1. The van der Waals surface area contributed by atoms with E-state index in [2.05, 4.69) is 20.4 Å². The summed E-state index contributed by atoms with van der Waals surface area (Å²) in [6.45, 7) is 0. The number of nitrogens with two attached hydrogens (primary N) is 1. The van der Waals surface area contributed by atoms with Crippen LogP contribution in [-0.2, 0) is 12.8 Å². The third-order valence-corrected chi connectivity index (χ3v) is 3.58. The van der Waals surface area contributed by atoms with Crippen LogP contribution in [0.3, 0.4) is 0 Å². The summed E-state index contributed by atoms with van der Waals surface area (Å²) in [6.07, 6.45) is 4.44. The Morgan fingerprint density at radius 1 is 1.21 bits per heavy atom. The molecule has 0 saturated heterocycles. The summed E-state index contributed by atoms with van der Waals surface area (Å²) in [5.41, 5.74) is 5.22. The third-order valence-electron chi connectivity index (χ3n) is 3.09. The molecular weight excluding hydrogens is 285 g/mol. The van der Waals surface area contributed by atoms with Gasteiger partial charge in [0, 0.05) is 17.5 Å². The van der Waals surface area contributed by atoms with Crippen LogP contribution in [-0.4, -0.2) is 15.0 Å². The normalized spacial score (nSPS) is 13.4. The standard InChI is InChI=1S/C12H11Cl2N5/c13-6-4-8(14)10(16-5-6)12-17-9-3-1-2-7(9)11(18-12)19-15/h4-5H,1-3,15H2,(H,17,18,19). The van der Waals surface area contributed by atoms with Gasteiger partial charge in [-0.2, -0.15) is 0 Å². The molecule has 1 aliphatic carbocycles. The van der Waals surface area contributed by atoms with Crippen molar-refractivity contribution in [3.05, 3.63) is 33.6 Å². The van der Waals surface area contributed by atoms with Gasteiger partial charge in [0.2, 0.25) is 0 Å². The Morgan fingerprint density at radius 3 is 2.79 bits per heavy atom. The molecule has 3 rings (SSSR count). The molecule has 0 spiro atoms. The molecule has 0 aliphatic heterocycles. The highest BCUT2D eigenvalue weighted by molar-refractivity contribution is 6.35. The molecule has 0 radical (unpaired) electrons. The summed E-state index contributed by atoms with van der Waals surface area (Å²) in [7, 11) is 0. The third kappa shape index (κ3) is 2.25. The summed E-state index contributed by atoms with van der Waals surface area (Å²) in [5.74, 6) is 6.63. The molecule has 1 aliphatic rings. The van der Waals surface area contributed by atoms with Crippen molar-refractivity contribution in [2.45, 2.75) is 19.3 Å². The number of fused-ring (bicyclic) bond motifs is 1. The fraction of sp³-hybridized carbons (Fsp3) is 0.250. The topological polar surface area (TPSA) is 76.7 Å². The minimum absolute atomic E-state index is 0.424. The van der Waals surface area contributed by atoms with E-state index < -0.39 is 0 Å². The highest BCUT2D eigenvalue weighted by Crippen LogP contribution is 2.31. The average molecular weight is 296 g/mol. The molecule has 0 bridgehead atoms. The van der Waals surface area contributed by atoms with Crippen LogP contribution < -0.4 is 11.3 Å². The van der Waals surface area contributed by atoms with Crippen molar-refractivity contribution in [1.29, 1.82) is 0 Å². The second kappa shape index (κ2) is 4.92. The lowest BCUT2D eigenvalue weighted by molar-refractivity contribution is 0.899. The first-order valence-electron chi connectivity index (χ1n) is 5.87. The summed E-state index contributed by atoms with van der Waals surface area (Å²) in [5, 5.41) is 0.903. The summed E-state index contributed by atoms with van der Waals surface area (Å²) in [4.78, 5) is 13.1. The number of nitrogen functional groups attached to an aromatic ring is 1. The van der Waals surface area contributed by atoms with E-state index in [0.29, 0.717) is 27.4 Å². The Kier molecular flexibility index (Phi) is 3.26. The predicted molar refractivity (Wildman–Crippen MR) is 75.1 cm³/mol. The van der Waals surface area contributed by atoms with Gasteiger partial charge in [0.25, 0.3) is 0 Å². The van der Waals surface area contributed by atoms with Crippen molar-refractivity contribution in [1.82, 2.24) is 15.0 Å². The van der Waals surface area contributed by atoms with Gasteiger partial charge < -0.3 is 5.43 Å². The highest BCUT2D eigenvalue weighted by Gasteiger charge is 2.20. The minimum Gasteiger partial charge on any atom is -0.308 e. The summed E-state index contributed by atoms with van der Waals surface area (Å²) >= 11 is 12.0. The fourth-order valence-electron chi connectivity index (χ4n) is 2.24. The Labute approximate surface area is 120 Å². The van der Waals surface area contributed by atoms with E-state index in [9.17, 15) is 0 Å². The first-order chi connectivity index (χ1) is 9.19. The number of anilines is 1. The zero-order valence-corrected chi connectivity index (χ0v) is 11.5. The molecule has 0 amide bonds. The fourth-order valence-corrected chi connectivity index (χ4v) is 2.70. The van der Waals surface area contributed by atoms with Crippen molar-refractivity contribution in [3.63, 3.8) is 0 Å². The molecule has 0 aromatic carbocycles. The molecule has 3 N–H and O–H groups in total. The van der Waals surface area contributed by atoms with Crippen molar-refractivity contribution < 1.29 is 0 Å². The van der Waals surface area contributed by atoms with Crippen LogP contribution in [0.25, 0.3) is 11.5 Å². The molecule has 0 fully saturated rings. The minimum atomic E-state index is 0.424. The molecule has 2 heterocycles. The quantitative estimate of drug-likeness (QED) is 0.658. The number of aryl methyl sites for hydroxylation is 1. The predicted octanol–water partition coefficient (Wildman–Crippen LogP) is 2.62. The number of nitrogens with one attached hydrogen (secondary N) is 1. The maximum atomic E-state index is 6.13. The van der Waals surface area contributed by atoms with Crippen molar-refractivity contribution in [2.75, 3.05) is 5.43 Å². The van der Waals surface area contributed by atoms with Crippen LogP contribution in [0.2, 0.25) is 10.0 Å². The monoisotopic (exact) mass is 295 g/mol. The van der Waals surface area contributed by atoms with E-state index in [-0.39, 0.29) is 0 Å². The Bertz CT molecular complexity index is 644. The van der Waals surface area contributed by atoms with Crippen molar-refractivity contribution in [2.24, 2.45) is 5.84 Å². The van der Waals surface area contributed by atoms with Crippen LogP contribution in [0, 0.1) is 0 Å². The maximum Gasteiger partial charge on any atom is 0.182 e. The maximum absolute atomic E-state index is 6.13. The van der Waals surface area contributed by atoms with Gasteiger partial charge in [0.15, 0.2) is 5.82 Å². The van der Waals surface area contributed by atoms with E-state index in [1.165, 1.54) is 6.20 Å². The lowest BCUT2D eigenvalue weighted by atomic mass is 10.2. The molecular formula is C12H11Cl2N5. The first-order valence-corrected chi connectivity index (χ1v) is 6.62. The molecule has 7 heteroatoms. The smallest absolute Gasteiger partial charge is 0.182 e. The number of pyridine rings is 1. The van der Waals surface area contributed by atoms with Gasteiger partial charge in [-0.05, 0) is 25.3 Å². The molecule has 0 saturated carbocycles. The van der Waals surface area contributed by atoms with Crippen LogP contribution >= 0.6 is 23.2 Å². The van der Waals surface area contributed by atoms with Gasteiger partial charge in [-0.3, -0.25) is 0 Å². The van der Waals surface area contributed by atoms with Gasteiger partial charge in [-0.25, -0.2) is 20.8 Å². The SMILES string of the molecule is NNc1nc(-c2ncc(Cl)cc2Cl)nc2c1CCC2. The summed E-state index contributed by atoms with van der Waals surface area (Å²) in [6, 6.07) is 1.62. The van der Waals surface area contributed by atoms with E-state index in [4.69, 9.17) is 29.0 Å². The second-order valence-corrected chi connectivity index (χ2v) is 5.15. The number of hydrogen-bond donors (Lipinski definition) is 2. The Morgan fingerprint density at radius 2 is 2.05 bits per heavy atom. The van der Waals surface area contributed by atoms with Crippen molar-refractivity contribution in [3.8, 4) is 11.5 Å². The Hall–Kier alpha value is -1.43. The van der Waals surface area contributed by atoms with Crippen LogP contribution in [0.5, 0.6) is 0 Å². The van der Waals surface area contributed by atoms with Gasteiger partial charge in [0.05, 0.1) is 10.0 Å². The number of aromatic nitrogens is 3. The number of nitrogens with zero attached hydrogens (tertiary/aromatic N) is 3. The van der Waals surface area contributed by atoms with Crippen LogP contribution in [0.1, 0.15) is 17.7 Å². The van der Waals surface area contributed by atoms with E-state index in [0.717, 1.165) is 30.5 Å². The lowest BCUT2D eigenvalue weighted by Crippen LogP contribution is -2.13. The lowest BCUT2D eigenvalue weighted by Gasteiger charge is -2.09. The van der Waals surface area contributed by atoms with Gasteiger partial charge in [0.1, 0.15) is 11.5 Å². The number of hydrogen-bond acceptors (Lipinski definition) is 5. The van der Waals surface area contributed by atoms with Crippen LogP contribution in [0.15, 0.2) is 12.3 Å². The average Bonchev–Trinajstić information content (AvgIpc) is 2.85. The van der Waals surface area contributed by atoms with Crippen LogP contribution in [0.4, 0.5) is 5.82 Å². The van der Waals surface area contributed by atoms with E-state index in [1.807, 2.05) is 0 Å². The molecule has 2 aromatic rings. The summed E-state index contributed by atoms with van der Waals surface area (Å²) < 4.78 is 0. The van der Waals surface area contributed by atoms with Gasteiger partial charge in [-0.15, -0.1) is 0 Å². The number of rotatable bonds is 2.